The van der Waals surface area contributed by atoms with Crippen LogP contribution in [0.1, 0.15) is 55.0 Å². The van der Waals surface area contributed by atoms with E-state index in [2.05, 4.69) is 39.3 Å². The smallest absolute Gasteiger partial charge is 0.255 e. The van der Waals surface area contributed by atoms with Gasteiger partial charge in [0, 0.05) is 23.9 Å². The lowest BCUT2D eigenvalue weighted by Gasteiger charge is -2.33. The third-order valence-electron chi connectivity index (χ3n) is 6.05. The average molecular weight is 414 g/mol. The normalized spacial score (nSPS) is 24.4. The van der Waals surface area contributed by atoms with Gasteiger partial charge < -0.3 is 4.98 Å². The van der Waals surface area contributed by atoms with Crippen molar-refractivity contribution in [3.05, 3.63) is 79.7 Å². The van der Waals surface area contributed by atoms with Crippen LogP contribution in [0.25, 0.3) is 0 Å². The molecule has 4 nitrogen and oxygen atoms in total. The number of halogens is 1. The summed E-state index contributed by atoms with van der Waals surface area (Å²) in [7, 11) is 0. The predicted octanol–water partition coefficient (Wildman–Crippen LogP) is 5.48. The van der Waals surface area contributed by atoms with Crippen molar-refractivity contribution < 1.29 is 0 Å². The Morgan fingerprint density at radius 3 is 2.71 bits per heavy atom. The minimum atomic E-state index is -0.136. The summed E-state index contributed by atoms with van der Waals surface area (Å²) in [5, 5.41) is 0.580. The topological polar surface area (TPSA) is 61.5 Å². The van der Waals surface area contributed by atoms with E-state index in [4.69, 9.17) is 23.8 Å². The van der Waals surface area contributed by atoms with Gasteiger partial charge in [0.2, 0.25) is 0 Å². The highest BCUT2D eigenvalue weighted by Crippen LogP contribution is 2.40. The Kier molecular flexibility index (Phi) is 5.93. The molecule has 0 amide bonds. The van der Waals surface area contributed by atoms with Crippen molar-refractivity contribution in [1.82, 2.24) is 15.0 Å². The second kappa shape index (κ2) is 8.58. The lowest BCUT2D eigenvalue weighted by Crippen LogP contribution is -2.25. The quantitative estimate of drug-likeness (QED) is 0.652. The molecular weight excluding hydrogens is 390 g/mol. The largest absolute Gasteiger partial charge is 0.335 e. The Balaban J connectivity index is 1.57. The second-order valence-electron chi connectivity index (χ2n) is 7.73. The summed E-state index contributed by atoms with van der Waals surface area (Å²) >= 11 is 11.5. The van der Waals surface area contributed by atoms with Gasteiger partial charge in [0.1, 0.15) is 0 Å². The van der Waals surface area contributed by atoms with Gasteiger partial charge in [-0.2, -0.15) is 0 Å². The van der Waals surface area contributed by atoms with Crippen molar-refractivity contribution >= 4 is 23.8 Å². The van der Waals surface area contributed by atoms with E-state index in [1.165, 1.54) is 12.8 Å². The summed E-state index contributed by atoms with van der Waals surface area (Å²) in [5.74, 6) is 1.69. The van der Waals surface area contributed by atoms with Gasteiger partial charge in [-0.3, -0.25) is 14.8 Å². The summed E-state index contributed by atoms with van der Waals surface area (Å²) < 4.78 is 0.387. The van der Waals surface area contributed by atoms with Crippen molar-refractivity contribution in [2.45, 2.75) is 44.4 Å². The highest BCUT2D eigenvalue weighted by Gasteiger charge is 2.29. The molecule has 2 heterocycles. The van der Waals surface area contributed by atoms with Gasteiger partial charge >= 0.3 is 0 Å². The van der Waals surface area contributed by atoms with E-state index in [0.29, 0.717) is 39.3 Å². The average Bonchev–Trinajstić information content (AvgIpc) is 2.72. The molecule has 4 rings (SSSR count). The van der Waals surface area contributed by atoms with Crippen LogP contribution in [0.2, 0.25) is 5.02 Å². The molecule has 0 spiro atoms. The Morgan fingerprint density at radius 2 is 2.00 bits per heavy atom. The fourth-order valence-electron chi connectivity index (χ4n) is 4.56. The Bertz CT molecular complexity index is 1010. The van der Waals surface area contributed by atoms with Crippen molar-refractivity contribution in [3.8, 4) is 0 Å². The molecule has 1 fully saturated rings. The molecule has 2 aromatic heterocycles. The summed E-state index contributed by atoms with van der Waals surface area (Å²) in [4.78, 5) is 23.1. The SMILES string of the molecule is O=c1[nH]c(=S)[nH]c(C2CCC(C3C=CC=CC3)CC2)c1Cc1ncccc1Cl. The number of hydrogen-bond donors (Lipinski definition) is 2. The van der Waals surface area contributed by atoms with Crippen molar-refractivity contribution in [1.29, 1.82) is 0 Å². The monoisotopic (exact) mass is 413 g/mol. The molecule has 2 aromatic rings. The molecule has 2 aliphatic carbocycles. The summed E-state index contributed by atoms with van der Waals surface area (Å²) in [6.07, 6.45) is 16.6. The summed E-state index contributed by atoms with van der Waals surface area (Å²) in [6, 6.07) is 3.60. The third kappa shape index (κ3) is 4.20. The van der Waals surface area contributed by atoms with Gasteiger partial charge in [0.15, 0.2) is 4.77 Å². The zero-order valence-electron chi connectivity index (χ0n) is 15.7. The fourth-order valence-corrected chi connectivity index (χ4v) is 4.95. The van der Waals surface area contributed by atoms with E-state index >= 15 is 0 Å². The molecule has 0 aliphatic heterocycles. The van der Waals surface area contributed by atoms with Crippen LogP contribution in [-0.2, 0) is 6.42 Å². The predicted molar refractivity (Wildman–Crippen MR) is 115 cm³/mol. The maximum atomic E-state index is 12.7. The highest BCUT2D eigenvalue weighted by atomic mass is 35.5. The number of nitrogens with zero attached hydrogens (tertiary/aromatic N) is 1. The third-order valence-corrected chi connectivity index (χ3v) is 6.60. The van der Waals surface area contributed by atoms with Gasteiger partial charge in [0.05, 0.1) is 10.7 Å². The fraction of sp³-hybridized carbons (Fsp3) is 0.409. The van der Waals surface area contributed by atoms with Gasteiger partial charge in [0.25, 0.3) is 5.56 Å². The minimum absolute atomic E-state index is 0.136. The zero-order chi connectivity index (χ0) is 19.5. The number of hydrogen-bond acceptors (Lipinski definition) is 3. The zero-order valence-corrected chi connectivity index (χ0v) is 17.2. The number of rotatable bonds is 4. The van der Waals surface area contributed by atoms with Gasteiger partial charge in [-0.05, 0) is 74.2 Å². The van der Waals surface area contributed by atoms with E-state index in [0.717, 1.165) is 30.9 Å². The number of nitrogens with one attached hydrogen (secondary N) is 2. The van der Waals surface area contributed by atoms with Crippen LogP contribution in [0.3, 0.4) is 0 Å². The first kappa shape index (κ1) is 19.3. The first-order valence-electron chi connectivity index (χ1n) is 9.90. The van der Waals surface area contributed by atoms with E-state index in [1.807, 2.05) is 0 Å². The second-order valence-corrected chi connectivity index (χ2v) is 8.55. The first-order valence-corrected chi connectivity index (χ1v) is 10.7. The standard InChI is InChI=1S/C22H24ClN3OS/c23-18-7-4-12-24-19(18)13-17-20(25-22(28)26-21(17)27)16-10-8-15(9-11-16)14-5-2-1-3-6-14/h1-5,7,12,14-16H,6,8-11,13H2,(H2,25,26,27,28). The Morgan fingerprint density at radius 1 is 1.18 bits per heavy atom. The maximum absolute atomic E-state index is 12.7. The van der Waals surface area contributed by atoms with Gasteiger partial charge in [-0.15, -0.1) is 0 Å². The molecule has 146 valence electrons. The Labute approximate surface area is 174 Å². The van der Waals surface area contributed by atoms with Crippen LogP contribution in [0, 0.1) is 16.6 Å². The molecule has 2 aliphatic rings. The maximum Gasteiger partial charge on any atom is 0.255 e. The molecule has 6 heteroatoms. The van der Waals surface area contributed by atoms with Crippen LogP contribution >= 0.6 is 23.8 Å². The highest BCUT2D eigenvalue weighted by molar-refractivity contribution is 7.71. The van der Waals surface area contributed by atoms with Crippen molar-refractivity contribution in [2.24, 2.45) is 11.8 Å². The molecule has 0 saturated heterocycles. The van der Waals surface area contributed by atoms with E-state index in [-0.39, 0.29) is 5.56 Å². The number of aromatic nitrogens is 3. The Hall–Kier alpha value is -1.98. The van der Waals surface area contributed by atoms with Crippen LogP contribution in [0.15, 0.2) is 47.4 Å². The lowest BCUT2D eigenvalue weighted by molar-refractivity contribution is 0.262. The van der Waals surface area contributed by atoms with Crippen molar-refractivity contribution in [2.75, 3.05) is 0 Å². The number of H-pyrrole nitrogens is 2. The molecule has 0 radical (unpaired) electrons. The van der Waals surface area contributed by atoms with Gasteiger partial charge in [-0.25, -0.2) is 0 Å². The van der Waals surface area contributed by atoms with Crippen LogP contribution in [0.5, 0.6) is 0 Å². The molecule has 0 aromatic carbocycles. The van der Waals surface area contributed by atoms with Crippen molar-refractivity contribution in [3.63, 3.8) is 0 Å². The van der Waals surface area contributed by atoms with Crippen LogP contribution in [0.4, 0.5) is 0 Å². The minimum Gasteiger partial charge on any atom is -0.335 e. The van der Waals surface area contributed by atoms with E-state index < -0.39 is 0 Å². The van der Waals surface area contributed by atoms with Crippen LogP contribution < -0.4 is 5.56 Å². The molecule has 2 N–H and O–H groups in total. The molecule has 0 bridgehead atoms. The summed E-state index contributed by atoms with van der Waals surface area (Å²) in [6.45, 7) is 0. The number of allylic oxidation sites excluding steroid dienone is 4. The molecule has 1 unspecified atom stereocenters. The number of aromatic amines is 2. The molecule has 28 heavy (non-hydrogen) atoms. The van der Waals surface area contributed by atoms with Crippen LogP contribution in [-0.4, -0.2) is 15.0 Å². The molecule has 1 atom stereocenters. The lowest BCUT2D eigenvalue weighted by atomic mass is 9.72. The number of pyridine rings is 1. The first-order chi connectivity index (χ1) is 13.6. The van der Waals surface area contributed by atoms with Gasteiger partial charge in [-0.1, -0.05) is 35.9 Å². The molecular formula is C22H24ClN3OS. The summed E-state index contributed by atoms with van der Waals surface area (Å²) in [5.41, 5.74) is 2.25. The molecule has 1 saturated carbocycles. The van der Waals surface area contributed by atoms with E-state index in [1.54, 1.807) is 18.3 Å². The van der Waals surface area contributed by atoms with E-state index in [9.17, 15) is 4.79 Å².